The summed E-state index contributed by atoms with van der Waals surface area (Å²) in [6.45, 7) is 0. The van der Waals surface area contributed by atoms with Crippen molar-refractivity contribution in [2.45, 2.75) is 0 Å². The Morgan fingerprint density at radius 1 is 1.08 bits per heavy atom. The van der Waals surface area contributed by atoms with E-state index in [0.29, 0.717) is 10.9 Å². The standard InChI is InChI=1S/C17H14N6OS/c18-14-13(15(23-22-14)19-10-6-2-1-3-7-10)16(24)21-17-20-11-8-4-5-9-12(11)25-17/h1-9H,(H,20,21,24)(H4,18,19,22,23). The topological polar surface area (TPSA) is 109 Å². The van der Waals surface area contributed by atoms with E-state index < -0.39 is 0 Å². The highest BCUT2D eigenvalue weighted by atomic mass is 32.1. The van der Waals surface area contributed by atoms with Crippen LogP contribution in [-0.4, -0.2) is 21.1 Å². The summed E-state index contributed by atoms with van der Waals surface area (Å²) in [6, 6.07) is 17.1. The van der Waals surface area contributed by atoms with Gasteiger partial charge in [0.1, 0.15) is 11.4 Å². The maximum atomic E-state index is 12.7. The molecule has 7 nitrogen and oxygen atoms in total. The van der Waals surface area contributed by atoms with Crippen molar-refractivity contribution in [1.82, 2.24) is 15.2 Å². The Labute approximate surface area is 146 Å². The maximum absolute atomic E-state index is 12.7. The molecule has 0 aliphatic carbocycles. The van der Waals surface area contributed by atoms with Gasteiger partial charge in [-0.2, -0.15) is 5.10 Å². The summed E-state index contributed by atoms with van der Waals surface area (Å²) in [5.74, 6) is 0.183. The van der Waals surface area contributed by atoms with Crippen LogP contribution in [0, 0.1) is 0 Å². The SMILES string of the molecule is Nc1[nH]nc(Nc2ccccc2)c1C(=O)Nc1nc2ccccc2s1. The third kappa shape index (κ3) is 3.02. The summed E-state index contributed by atoms with van der Waals surface area (Å²) in [5.41, 5.74) is 7.79. The van der Waals surface area contributed by atoms with E-state index in [9.17, 15) is 4.79 Å². The van der Waals surface area contributed by atoms with Gasteiger partial charge in [-0.05, 0) is 24.3 Å². The second kappa shape index (κ2) is 6.25. The minimum absolute atomic E-state index is 0.192. The predicted molar refractivity (Wildman–Crippen MR) is 100 cm³/mol. The molecule has 0 fully saturated rings. The fourth-order valence-electron chi connectivity index (χ4n) is 2.42. The molecule has 2 aromatic heterocycles. The monoisotopic (exact) mass is 350 g/mol. The molecule has 0 aliphatic heterocycles. The van der Waals surface area contributed by atoms with Gasteiger partial charge in [0.25, 0.3) is 5.91 Å². The fraction of sp³-hybridized carbons (Fsp3) is 0. The highest BCUT2D eigenvalue weighted by Gasteiger charge is 2.20. The van der Waals surface area contributed by atoms with Gasteiger partial charge in [0, 0.05) is 5.69 Å². The molecule has 0 saturated carbocycles. The van der Waals surface area contributed by atoms with Gasteiger partial charge >= 0.3 is 0 Å². The number of anilines is 4. The molecule has 0 atom stereocenters. The number of nitrogens with two attached hydrogens (primary N) is 1. The molecule has 0 radical (unpaired) electrons. The van der Waals surface area contributed by atoms with Crippen LogP contribution in [0.4, 0.5) is 22.5 Å². The molecule has 1 amide bonds. The first-order valence-corrected chi connectivity index (χ1v) is 8.35. The summed E-state index contributed by atoms with van der Waals surface area (Å²) < 4.78 is 1.00. The number of nitrogens with zero attached hydrogens (tertiary/aromatic N) is 2. The molecule has 0 unspecified atom stereocenters. The van der Waals surface area contributed by atoms with Crippen molar-refractivity contribution in [1.29, 1.82) is 0 Å². The number of carbonyl (C=O) groups excluding carboxylic acids is 1. The minimum Gasteiger partial charge on any atom is -0.383 e. The number of fused-ring (bicyclic) bond motifs is 1. The number of hydrogen-bond donors (Lipinski definition) is 4. The molecule has 25 heavy (non-hydrogen) atoms. The van der Waals surface area contributed by atoms with E-state index in [-0.39, 0.29) is 17.3 Å². The van der Waals surface area contributed by atoms with E-state index in [4.69, 9.17) is 5.73 Å². The van der Waals surface area contributed by atoms with Crippen molar-refractivity contribution < 1.29 is 4.79 Å². The Balaban J connectivity index is 1.60. The summed E-state index contributed by atoms with van der Waals surface area (Å²) >= 11 is 1.40. The maximum Gasteiger partial charge on any atom is 0.265 e. The molecular formula is C17H14N6OS. The Morgan fingerprint density at radius 2 is 1.84 bits per heavy atom. The zero-order chi connectivity index (χ0) is 17.2. The number of carbonyl (C=O) groups is 1. The molecule has 0 saturated heterocycles. The molecule has 0 spiro atoms. The third-order valence-electron chi connectivity index (χ3n) is 3.57. The number of aromatic nitrogens is 3. The van der Waals surface area contributed by atoms with Crippen LogP contribution in [0.2, 0.25) is 0 Å². The second-order valence-electron chi connectivity index (χ2n) is 5.29. The smallest absolute Gasteiger partial charge is 0.265 e. The molecule has 124 valence electrons. The van der Waals surface area contributed by atoms with Crippen molar-refractivity contribution in [3.63, 3.8) is 0 Å². The number of nitrogens with one attached hydrogen (secondary N) is 3. The number of para-hydroxylation sites is 2. The number of rotatable bonds is 4. The average Bonchev–Trinajstić information content (AvgIpc) is 3.18. The number of H-pyrrole nitrogens is 1. The Bertz CT molecular complexity index is 1010. The third-order valence-corrected chi connectivity index (χ3v) is 4.52. The van der Waals surface area contributed by atoms with Gasteiger partial charge < -0.3 is 11.1 Å². The number of nitrogen functional groups attached to an aromatic ring is 1. The normalized spacial score (nSPS) is 10.7. The van der Waals surface area contributed by atoms with Crippen LogP contribution in [0.1, 0.15) is 10.4 Å². The molecule has 2 heterocycles. The highest BCUT2D eigenvalue weighted by Crippen LogP contribution is 2.28. The second-order valence-corrected chi connectivity index (χ2v) is 6.32. The van der Waals surface area contributed by atoms with Gasteiger partial charge in [0.15, 0.2) is 10.9 Å². The van der Waals surface area contributed by atoms with Gasteiger partial charge in [-0.3, -0.25) is 15.2 Å². The van der Waals surface area contributed by atoms with E-state index in [2.05, 4.69) is 25.8 Å². The van der Waals surface area contributed by atoms with Gasteiger partial charge in [-0.1, -0.05) is 41.7 Å². The number of aromatic amines is 1. The number of benzene rings is 2. The molecule has 0 bridgehead atoms. The van der Waals surface area contributed by atoms with E-state index >= 15 is 0 Å². The lowest BCUT2D eigenvalue weighted by molar-refractivity contribution is 0.102. The van der Waals surface area contributed by atoms with Crippen molar-refractivity contribution in [3.05, 3.63) is 60.2 Å². The Kier molecular flexibility index (Phi) is 3.79. The van der Waals surface area contributed by atoms with Crippen LogP contribution in [-0.2, 0) is 0 Å². The number of hydrogen-bond acceptors (Lipinski definition) is 6. The van der Waals surface area contributed by atoms with Crippen molar-refractivity contribution >= 4 is 49.9 Å². The van der Waals surface area contributed by atoms with Crippen molar-refractivity contribution in [3.8, 4) is 0 Å². The quantitative estimate of drug-likeness (QED) is 0.450. The van der Waals surface area contributed by atoms with E-state index in [1.807, 2.05) is 54.6 Å². The molecule has 0 aliphatic rings. The van der Waals surface area contributed by atoms with Crippen LogP contribution in [0.25, 0.3) is 10.2 Å². The minimum atomic E-state index is -0.372. The van der Waals surface area contributed by atoms with Crippen LogP contribution in [0.15, 0.2) is 54.6 Å². The Hall–Kier alpha value is -3.39. The first-order valence-electron chi connectivity index (χ1n) is 7.53. The van der Waals surface area contributed by atoms with Crippen molar-refractivity contribution in [2.75, 3.05) is 16.4 Å². The molecule has 8 heteroatoms. The predicted octanol–water partition coefficient (Wildman–Crippen LogP) is 3.60. The summed E-state index contributed by atoms with van der Waals surface area (Å²) in [5, 5.41) is 13.1. The molecule has 4 rings (SSSR count). The summed E-state index contributed by atoms with van der Waals surface area (Å²) in [6.07, 6.45) is 0. The lowest BCUT2D eigenvalue weighted by Crippen LogP contribution is -2.14. The van der Waals surface area contributed by atoms with E-state index in [0.717, 1.165) is 15.9 Å². The van der Waals surface area contributed by atoms with Crippen LogP contribution >= 0.6 is 11.3 Å². The molecule has 2 aromatic carbocycles. The van der Waals surface area contributed by atoms with Gasteiger partial charge in [-0.15, -0.1) is 0 Å². The lowest BCUT2D eigenvalue weighted by atomic mass is 10.2. The summed E-state index contributed by atoms with van der Waals surface area (Å²) in [4.78, 5) is 17.1. The largest absolute Gasteiger partial charge is 0.383 e. The number of thiazole rings is 1. The molecule has 5 N–H and O–H groups in total. The first-order chi connectivity index (χ1) is 12.2. The van der Waals surface area contributed by atoms with Crippen LogP contribution in [0.5, 0.6) is 0 Å². The zero-order valence-electron chi connectivity index (χ0n) is 13.0. The van der Waals surface area contributed by atoms with Gasteiger partial charge in [0.2, 0.25) is 0 Å². The zero-order valence-corrected chi connectivity index (χ0v) is 13.8. The van der Waals surface area contributed by atoms with Gasteiger partial charge in [-0.25, -0.2) is 4.98 Å². The lowest BCUT2D eigenvalue weighted by Gasteiger charge is -2.06. The molecule has 4 aromatic rings. The Morgan fingerprint density at radius 3 is 2.64 bits per heavy atom. The highest BCUT2D eigenvalue weighted by molar-refractivity contribution is 7.22. The summed E-state index contributed by atoms with van der Waals surface area (Å²) in [7, 11) is 0. The van der Waals surface area contributed by atoms with E-state index in [1.165, 1.54) is 11.3 Å². The number of amides is 1. The van der Waals surface area contributed by atoms with Crippen LogP contribution < -0.4 is 16.4 Å². The fourth-order valence-corrected chi connectivity index (χ4v) is 3.28. The van der Waals surface area contributed by atoms with E-state index in [1.54, 1.807) is 0 Å². The molecular weight excluding hydrogens is 336 g/mol. The van der Waals surface area contributed by atoms with Crippen LogP contribution in [0.3, 0.4) is 0 Å². The van der Waals surface area contributed by atoms with Gasteiger partial charge in [0.05, 0.1) is 10.2 Å². The van der Waals surface area contributed by atoms with Crippen molar-refractivity contribution in [2.24, 2.45) is 0 Å². The average molecular weight is 350 g/mol. The first kappa shape index (κ1) is 15.2.